The van der Waals surface area contributed by atoms with E-state index in [-0.39, 0.29) is 5.82 Å². The summed E-state index contributed by atoms with van der Waals surface area (Å²) in [6, 6.07) is 11.3. The summed E-state index contributed by atoms with van der Waals surface area (Å²) < 4.78 is 16.6. The maximum atomic E-state index is 14.4. The van der Waals surface area contributed by atoms with E-state index in [9.17, 15) is 9.50 Å². The molecule has 2 unspecified atom stereocenters. The van der Waals surface area contributed by atoms with Gasteiger partial charge in [-0.15, -0.1) is 25.7 Å². The molecule has 5 nitrogen and oxygen atoms in total. The van der Waals surface area contributed by atoms with Crippen molar-refractivity contribution in [1.82, 2.24) is 14.5 Å². The number of aryl methyl sites for hydroxylation is 1. The Balaban J connectivity index is 0.000000615. The third-order valence-corrected chi connectivity index (χ3v) is 8.46. The van der Waals surface area contributed by atoms with Crippen LogP contribution in [0.1, 0.15) is 58.2 Å². The molecule has 0 radical (unpaired) electrons. The fraction of sp³-hybridized carbons (Fsp3) is 0.316. The van der Waals surface area contributed by atoms with Gasteiger partial charge < -0.3 is 24.7 Å². The molecule has 1 fully saturated rings. The van der Waals surface area contributed by atoms with Crippen LogP contribution in [-0.4, -0.2) is 31.9 Å². The first-order valence-electron chi connectivity index (χ1n) is 15.0. The number of terminal acetylenes is 2. The monoisotopic (exact) mass is 593 g/mol. The van der Waals surface area contributed by atoms with Crippen molar-refractivity contribution in [1.29, 1.82) is 0 Å². The third kappa shape index (κ3) is 5.60. The predicted molar refractivity (Wildman–Crippen MR) is 187 cm³/mol. The highest BCUT2D eigenvalue weighted by molar-refractivity contribution is 6.35. The van der Waals surface area contributed by atoms with E-state index >= 15 is 0 Å². The van der Waals surface area contributed by atoms with Gasteiger partial charge in [0.05, 0.1) is 16.6 Å². The van der Waals surface area contributed by atoms with Crippen molar-refractivity contribution in [2.24, 2.45) is 11.8 Å². The normalized spacial score (nSPS) is 16.4. The summed E-state index contributed by atoms with van der Waals surface area (Å²) in [7, 11) is 1.00. The van der Waals surface area contributed by atoms with Gasteiger partial charge in [-0.3, -0.25) is 0 Å². The molecule has 230 valence electrons. The SMILES string of the molecule is C#C.C#C.C=c1[nH]c(=C)c2c1c1c3cc(F)ccc3[nH]c1c1c2c2cc(C)ccc2n1[C@@H](O)CC1CCC(C)C1.CC.CO. The van der Waals surface area contributed by atoms with Gasteiger partial charge in [-0.2, -0.15) is 0 Å². The van der Waals surface area contributed by atoms with Crippen molar-refractivity contribution in [3.8, 4) is 25.7 Å². The first-order chi connectivity index (χ1) is 21.3. The number of H-pyrrole nitrogens is 2. The Hall–Kier alpha value is -4.49. The highest BCUT2D eigenvalue weighted by atomic mass is 19.1. The molecule has 3 atom stereocenters. The fourth-order valence-corrected chi connectivity index (χ4v) is 6.94. The minimum atomic E-state index is -0.668. The van der Waals surface area contributed by atoms with Crippen LogP contribution >= 0.6 is 0 Å². The van der Waals surface area contributed by atoms with Crippen LogP contribution in [0.5, 0.6) is 0 Å². The van der Waals surface area contributed by atoms with Crippen LogP contribution in [0.2, 0.25) is 0 Å². The molecule has 0 saturated heterocycles. The zero-order chi connectivity index (χ0) is 32.9. The van der Waals surface area contributed by atoms with Crippen LogP contribution in [0, 0.1) is 50.3 Å². The molecule has 1 aliphatic rings. The highest BCUT2D eigenvalue weighted by Crippen LogP contribution is 2.44. The lowest BCUT2D eigenvalue weighted by Gasteiger charge is -2.20. The summed E-state index contributed by atoms with van der Waals surface area (Å²) in [5.74, 6) is 0.937. The molecule has 7 rings (SSSR count). The van der Waals surface area contributed by atoms with E-state index in [1.165, 1.54) is 12.5 Å². The molecule has 3 heterocycles. The van der Waals surface area contributed by atoms with Gasteiger partial charge in [0.1, 0.15) is 12.0 Å². The number of benzene rings is 3. The van der Waals surface area contributed by atoms with Gasteiger partial charge in [0.2, 0.25) is 0 Å². The zero-order valence-electron chi connectivity index (χ0n) is 26.5. The molecule has 3 aromatic carbocycles. The van der Waals surface area contributed by atoms with Crippen molar-refractivity contribution in [3.05, 3.63) is 58.5 Å². The molecule has 6 aromatic rings. The summed E-state index contributed by atoms with van der Waals surface area (Å²) in [6.07, 6.45) is 19.6. The van der Waals surface area contributed by atoms with E-state index in [4.69, 9.17) is 5.11 Å². The number of nitrogens with zero attached hydrogens (tertiary/aromatic N) is 1. The Morgan fingerprint density at radius 1 is 0.909 bits per heavy atom. The van der Waals surface area contributed by atoms with E-state index < -0.39 is 6.23 Å². The van der Waals surface area contributed by atoms with E-state index in [0.29, 0.717) is 11.8 Å². The Bertz CT molecular complexity index is 2050. The summed E-state index contributed by atoms with van der Waals surface area (Å²) in [4.78, 5) is 6.94. The smallest absolute Gasteiger partial charge is 0.131 e. The number of aromatic nitrogens is 3. The van der Waals surface area contributed by atoms with Crippen LogP contribution < -0.4 is 10.7 Å². The Morgan fingerprint density at radius 3 is 2.16 bits per heavy atom. The van der Waals surface area contributed by atoms with Crippen LogP contribution in [0.3, 0.4) is 0 Å². The van der Waals surface area contributed by atoms with E-state index in [0.717, 1.165) is 97.0 Å². The maximum absolute atomic E-state index is 14.4. The van der Waals surface area contributed by atoms with Gasteiger partial charge in [0.25, 0.3) is 0 Å². The second-order valence-corrected chi connectivity index (χ2v) is 11.0. The quantitative estimate of drug-likeness (QED) is 0.159. The number of aliphatic hydroxyl groups excluding tert-OH is 2. The molecule has 4 N–H and O–H groups in total. The largest absolute Gasteiger partial charge is 0.400 e. The molecule has 0 bridgehead atoms. The van der Waals surface area contributed by atoms with E-state index in [2.05, 4.69) is 85.4 Å². The van der Waals surface area contributed by atoms with Gasteiger partial charge in [-0.25, -0.2) is 4.39 Å². The van der Waals surface area contributed by atoms with Crippen LogP contribution in [0.25, 0.3) is 67.5 Å². The van der Waals surface area contributed by atoms with Gasteiger partial charge in [-0.05, 0) is 61.9 Å². The van der Waals surface area contributed by atoms with Crippen LogP contribution in [0.15, 0.2) is 36.4 Å². The summed E-state index contributed by atoms with van der Waals surface area (Å²) in [5.41, 5.74) is 4.85. The molecule has 3 aromatic heterocycles. The molecule has 6 heteroatoms. The molecule has 44 heavy (non-hydrogen) atoms. The van der Waals surface area contributed by atoms with E-state index in [1.807, 2.05) is 13.8 Å². The summed E-state index contributed by atoms with van der Waals surface area (Å²) in [6.45, 7) is 17.0. The van der Waals surface area contributed by atoms with Crippen molar-refractivity contribution in [2.75, 3.05) is 7.11 Å². The molecule has 1 saturated carbocycles. The number of hydrogen-bond acceptors (Lipinski definition) is 2. The minimum absolute atomic E-state index is 0.279. The average Bonchev–Trinajstić information content (AvgIpc) is 3.79. The second kappa shape index (κ2) is 14.3. The van der Waals surface area contributed by atoms with E-state index in [1.54, 1.807) is 12.1 Å². The lowest BCUT2D eigenvalue weighted by Crippen LogP contribution is -2.12. The average molecular weight is 594 g/mol. The molecule has 0 aliphatic heterocycles. The Kier molecular flexibility index (Phi) is 11.1. The van der Waals surface area contributed by atoms with Crippen molar-refractivity contribution >= 4 is 67.5 Å². The highest BCUT2D eigenvalue weighted by Gasteiger charge is 2.28. The predicted octanol–water partition coefficient (Wildman–Crippen LogP) is 7.63. The fourth-order valence-electron chi connectivity index (χ4n) is 6.94. The topological polar surface area (TPSA) is 77.0 Å². The maximum Gasteiger partial charge on any atom is 0.131 e. The van der Waals surface area contributed by atoms with Crippen LogP contribution in [0.4, 0.5) is 4.39 Å². The number of aliphatic hydroxyl groups is 2. The first kappa shape index (κ1) is 34.0. The number of hydrogen-bond donors (Lipinski definition) is 4. The number of fused-ring (bicyclic) bond motifs is 10. The summed E-state index contributed by atoms with van der Waals surface area (Å²) >= 11 is 0. The Labute approximate surface area is 259 Å². The summed E-state index contributed by atoms with van der Waals surface area (Å²) in [5, 5.41) is 26.2. The van der Waals surface area contributed by atoms with Crippen LogP contribution in [-0.2, 0) is 0 Å². The van der Waals surface area contributed by atoms with Crippen molar-refractivity contribution in [3.63, 3.8) is 0 Å². The second-order valence-electron chi connectivity index (χ2n) is 11.0. The lowest BCUT2D eigenvalue weighted by atomic mass is 10.00. The minimum Gasteiger partial charge on any atom is -0.400 e. The molecule has 0 amide bonds. The molecule has 1 aliphatic carbocycles. The molecule has 0 spiro atoms. The van der Waals surface area contributed by atoms with Gasteiger partial charge in [-0.1, -0.05) is 58.4 Å². The zero-order valence-corrected chi connectivity index (χ0v) is 26.5. The van der Waals surface area contributed by atoms with Gasteiger partial charge in [0, 0.05) is 55.6 Å². The number of rotatable bonds is 3. The number of aromatic amines is 2. The first-order valence-corrected chi connectivity index (χ1v) is 15.0. The third-order valence-electron chi connectivity index (χ3n) is 8.46. The lowest BCUT2D eigenvalue weighted by molar-refractivity contribution is 0.0841. The number of halogens is 1. The van der Waals surface area contributed by atoms with Crippen molar-refractivity contribution in [2.45, 2.75) is 59.6 Å². The molecular weight excluding hydrogens is 549 g/mol. The van der Waals surface area contributed by atoms with Gasteiger partial charge >= 0.3 is 0 Å². The Morgan fingerprint density at radius 2 is 1.55 bits per heavy atom. The number of nitrogens with one attached hydrogen (secondary N) is 2. The molecular formula is C38H44FN3O2. The standard InChI is InChI=1S/C31H30FN3O.C2H6.2C2H2.CH4O/c1-15-5-7-19(11-15)13-25(36)35-24-10-6-16(2)12-22(24)29-27-18(4)33-17(3)26(27)28-21-14-20(32)8-9-23(21)34-30(28)31(29)35;4*1-2/h6,8-10,12,14-15,19,25,33-34,36H,3-5,7,11,13H2,1-2H3;1-2H3;2*1-2H;2H,1H3/t15?,19?,25-;;;;/m0..../s1. The van der Waals surface area contributed by atoms with Crippen molar-refractivity contribution < 1.29 is 14.6 Å². The van der Waals surface area contributed by atoms with Gasteiger partial charge in [0.15, 0.2) is 0 Å².